The van der Waals surface area contributed by atoms with Gasteiger partial charge in [0.15, 0.2) is 5.16 Å². The van der Waals surface area contributed by atoms with Gasteiger partial charge in [0.2, 0.25) is 5.91 Å². The molecule has 2 aromatic rings. The van der Waals surface area contributed by atoms with Crippen molar-refractivity contribution < 1.29 is 4.79 Å². The van der Waals surface area contributed by atoms with E-state index >= 15 is 0 Å². The van der Waals surface area contributed by atoms with Crippen LogP contribution in [0.25, 0.3) is 0 Å². The average molecular weight is 302 g/mol. The lowest BCUT2D eigenvalue weighted by atomic mass is 10.1. The first-order chi connectivity index (χ1) is 10.2. The molecule has 0 bridgehead atoms. The Hall–Kier alpha value is -1.82. The van der Waals surface area contributed by atoms with Crippen molar-refractivity contribution >= 4 is 23.4 Å². The van der Waals surface area contributed by atoms with Crippen molar-refractivity contribution in [2.45, 2.75) is 35.7 Å². The van der Waals surface area contributed by atoms with Crippen molar-refractivity contribution in [3.05, 3.63) is 30.6 Å². The molecule has 0 unspecified atom stereocenters. The van der Waals surface area contributed by atoms with Crippen molar-refractivity contribution in [1.29, 1.82) is 0 Å². The summed E-state index contributed by atoms with van der Waals surface area (Å²) in [6, 6.07) is 7.85. The normalized spacial score (nSPS) is 15.3. The Morgan fingerprint density at radius 2 is 2.00 bits per heavy atom. The van der Waals surface area contributed by atoms with E-state index in [0.717, 1.165) is 28.6 Å². The molecule has 0 saturated heterocycles. The van der Waals surface area contributed by atoms with Crippen LogP contribution in [0.15, 0.2) is 40.6 Å². The van der Waals surface area contributed by atoms with Gasteiger partial charge in [-0.3, -0.25) is 4.79 Å². The summed E-state index contributed by atoms with van der Waals surface area (Å²) in [5.74, 6) is 0.346. The quantitative estimate of drug-likeness (QED) is 0.943. The van der Waals surface area contributed by atoms with Crippen molar-refractivity contribution in [2.75, 3.05) is 5.32 Å². The van der Waals surface area contributed by atoms with Crippen LogP contribution in [0, 0.1) is 5.92 Å². The number of aromatic nitrogens is 3. The fraction of sp³-hybridized carbons (Fsp3) is 0.400. The summed E-state index contributed by atoms with van der Waals surface area (Å²) in [5, 5.41) is 11.7. The highest BCUT2D eigenvalue weighted by Crippen LogP contribution is 2.28. The van der Waals surface area contributed by atoms with E-state index in [1.807, 2.05) is 35.9 Å². The number of anilines is 1. The number of amides is 1. The third-order valence-electron chi connectivity index (χ3n) is 3.73. The molecule has 6 heteroatoms. The predicted molar refractivity (Wildman–Crippen MR) is 82.2 cm³/mol. The second kappa shape index (κ2) is 6.30. The van der Waals surface area contributed by atoms with Crippen molar-refractivity contribution in [3.63, 3.8) is 0 Å². The average Bonchev–Trinajstić information content (AvgIpc) is 3.14. The minimum Gasteiger partial charge on any atom is -0.326 e. The van der Waals surface area contributed by atoms with E-state index in [9.17, 15) is 4.79 Å². The molecule has 21 heavy (non-hydrogen) atoms. The molecular formula is C15H18N4OS. The fourth-order valence-electron chi connectivity index (χ4n) is 2.51. The van der Waals surface area contributed by atoms with Crippen LogP contribution in [0.4, 0.5) is 5.69 Å². The lowest BCUT2D eigenvalue weighted by molar-refractivity contribution is -0.119. The first-order valence-electron chi connectivity index (χ1n) is 7.15. The molecular weight excluding hydrogens is 284 g/mol. The molecule has 1 amide bonds. The van der Waals surface area contributed by atoms with Crippen LogP contribution in [0.3, 0.4) is 0 Å². The lowest BCUT2D eigenvalue weighted by Gasteiger charge is -2.10. The Labute approximate surface area is 128 Å². The van der Waals surface area contributed by atoms with E-state index in [2.05, 4.69) is 15.5 Å². The van der Waals surface area contributed by atoms with Gasteiger partial charge in [-0.2, -0.15) is 0 Å². The highest BCUT2D eigenvalue weighted by atomic mass is 32.2. The molecule has 1 aliphatic rings. The van der Waals surface area contributed by atoms with Crippen LogP contribution in [-0.2, 0) is 11.8 Å². The molecule has 1 saturated carbocycles. The minimum absolute atomic E-state index is 0.154. The monoisotopic (exact) mass is 302 g/mol. The van der Waals surface area contributed by atoms with Gasteiger partial charge in [0.1, 0.15) is 6.33 Å². The van der Waals surface area contributed by atoms with Crippen molar-refractivity contribution in [2.24, 2.45) is 13.0 Å². The zero-order chi connectivity index (χ0) is 14.7. The van der Waals surface area contributed by atoms with E-state index in [4.69, 9.17) is 0 Å². The van der Waals surface area contributed by atoms with E-state index in [1.165, 1.54) is 12.8 Å². The zero-order valence-corrected chi connectivity index (χ0v) is 12.8. The van der Waals surface area contributed by atoms with Gasteiger partial charge in [-0.1, -0.05) is 12.8 Å². The van der Waals surface area contributed by atoms with Gasteiger partial charge in [0.25, 0.3) is 0 Å². The van der Waals surface area contributed by atoms with Gasteiger partial charge in [-0.15, -0.1) is 10.2 Å². The van der Waals surface area contributed by atoms with Gasteiger partial charge >= 0.3 is 0 Å². The summed E-state index contributed by atoms with van der Waals surface area (Å²) >= 11 is 1.55. The Kier molecular flexibility index (Phi) is 4.24. The summed E-state index contributed by atoms with van der Waals surface area (Å²) in [7, 11) is 1.92. The Bertz CT molecular complexity index is 617. The molecule has 0 atom stereocenters. The predicted octanol–water partition coefficient (Wildman–Crippen LogP) is 3.10. The molecule has 0 spiro atoms. The molecule has 0 aliphatic heterocycles. The van der Waals surface area contributed by atoms with Crippen LogP contribution < -0.4 is 5.32 Å². The third-order valence-corrected chi connectivity index (χ3v) is 4.79. The second-order valence-corrected chi connectivity index (χ2v) is 6.36. The maximum atomic E-state index is 12.1. The smallest absolute Gasteiger partial charge is 0.227 e. The maximum absolute atomic E-state index is 12.1. The summed E-state index contributed by atoms with van der Waals surface area (Å²) < 4.78 is 1.88. The number of hydrogen-bond donors (Lipinski definition) is 1. The molecule has 0 radical (unpaired) electrons. The van der Waals surface area contributed by atoms with E-state index < -0.39 is 0 Å². The fourth-order valence-corrected chi connectivity index (χ4v) is 3.27. The molecule has 5 nitrogen and oxygen atoms in total. The van der Waals surface area contributed by atoms with Crippen LogP contribution in [0.5, 0.6) is 0 Å². The topological polar surface area (TPSA) is 59.8 Å². The molecule has 110 valence electrons. The number of rotatable bonds is 4. The van der Waals surface area contributed by atoms with Crippen molar-refractivity contribution in [1.82, 2.24) is 14.8 Å². The highest BCUT2D eigenvalue weighted by molar-refractivity contribution is 7.99. The first-order valence-corrected chi connectivity index (χ1v) is 7.97. The SMILES string of the molecule is Cn1cnnc1Sc1ccc(NC(=O)C2CCCC2)cc1. The highest BCUT2D eigenvalue weighted by Gasteiger charge is 2.22. The first kappa shape index (κ1) is 14.1. The Morgan fingerprint density at radius 3 is 2.62 bits per heavy atom. The molecule has 1 N–H and O–H groups in total. The van der Waals surface area contributed by atoms with E-state index in [1.54, 1.807) is 18.1 Å². The summed E-state index contributed by atoms with van der Waals surface area (Å²) in [5.41, 5.74) is 0.856. The standard InChI is InChI=1S/C15H18N4OS/c1-19-10-16-18-15(19)21-13-8-6-12(7-9-13)17-14(20)11-4-2-3-5-11/h6-11H,2-5H2,1H3,(H,17,20). The zero-order valence-electron chi connectivity index (χ0n) is 12.0. The van der Waals surface area contributed by atoms with Crippen LogP contribution in [0.2, 0.25) is 0 Å². The summed E-state index contributed by atoms with van der Waals surface area (Å²) in [6.07, 6.45) is 6.06. The molecule has 3 rings (SSSR count). The Balaban J connectivity index is 1.61. The number of carbonyl (C=O) groups excluding carboxylic acids is 1. The van der Waals surface area contributed by atoms with E-state index in [-0.39, 0.29) is 11.8 Å². The number of carbonyl (C=O) groups is 1. The molecule has 1 fully saturated rings. The summed E-state index contributed by atoms with van der Waals surface area (Å²) in [4.78, 5) is 13.1. The second-order valence-electron chi connectivity index (χ2n) is 5.32. The van der Waals surface area contributed by atoms with Gasteiger partial charge in [0, 0.05) is 23.5 Å². The third kappa shape index (κ3) is 3.44. The Morgan fingerprint density at radius 1 is 1.29 bits per heavy atom. The maximum Gasteiger partial charge on any atom is 0.227 e. The van der Waals surface area contributed by atoms with Crippen LogP contribution in [-0.4, -0.2) is 20.7 Å². The molecule has 1 aromatic carbocycles. The van der Waals surface area contributed by atoms with Gasteiger partial charge in [-0.25, -0.2) is 0 Å². The number of benzene rings is 1. The van der Waals surface area contributed by atoms with Gasteiger partial charge in [-0.05, 0) is 48.9 Å². The largest absolute Gasteiger partial charge is 0.326 e. The van der Waals surface area contributed by atoms with Crippen molar-refractivity contribution in [3.8, 4) is 0 Å². The minimum atomic E-state index is 0.154. The number of hydrogen-bond acceptors (Lipinski definition) is 4. The van der Waals surface area contributed by atoms with Crippen LogP contribution >= 0.6 is 11.8 Å². The number of nitrogens with zero attached hydrogens (tertiary/aromatic N) is 3. The molecule has 1 aliphatic carbocycles. The molecule has 1 aromatic heterocycles. The molecule has 1 heterocycles. The van der Waals surface area contributed by atoms with Gasteiger partial charge < -0.3 is 9.88 Å². The lowest BCUT2D eigenvalue weighted by Crippen LogP contribution is -2.20. The van der Waals surface area contributed by atoms with Gasteiger partial charge in [0.05, 0.1) is 0 Å². The number of nitrogens with one attached hydrogen (secondary N) is 1. The van der Waals surface area contributed by atoms with E-state index in [0.29, 0.717) is 0 Å². The van der Waals surface area contributed by atoms with Crippen LogP contribution in [0.1, 0.15) is 25.7 Å². The number of aryl methyl sites for hydroxylation is 1. The summed E-state index contributed by atoms with van der Waals surface area (Å²) in [6.45, 7) is 0.